The minimum absolute atomic E-state index is 0. The third kappa shape index (κ3) is 7.09. The second-order valence-electron chi connectivity index (χ2n) is 7.05. The van der Waals surface area contributed by atoms with E-state index in [9.17, 15) is 4.79 Å². The van der Waals surface area contributed by atoms with Crippen molar-refractivity contribution in [2.45, 2.75) is 32.1 Å². The Balaban J connectivity index is 0.00000341. The molecule has 1 aromatic heterocycles. The van der Waals surface area contributed by atoms with Crippen LogP contribution in [-0.2, 0) is 4.79 Å². The fourth-order valence-corrected chi connectivity index (χ4v) is 5.60. The van der Waals surface area contributed by atoms with E-state index >= 15 is 0 Å². The van der Waals surface area contributed by atoms with Crippen LogP contribution in [0.5, 0.6) is 0 Å². The molecule has 0 aliphatic heterocycles. The number of thiazole rings is 1. The topological polar surface area (TPSA) is 36.4 Å². The molecule has 0 spiro atoms. The Morgan fingerprint density at radius 2 is 1.84 bits per heavy atom. The maximum Gasteiger partial charge on any atom is 0.229 e. The average molecular weight is 499 g/mol. The number of anilines is 1. The Kier molecular flexibility index (Phi) is 10.6. The molecule has 0 bridgehead atoms. The second-order valence-corrected chi connectivity index (χ2v) is 9.66. The van der Waals surface area contributed by atoms with E-state index in [1.54, 1.807) is 23.1 Å². The van der Waals surface area contributed by atoms with Crippen LogP contribution in [-0.4, -0.2) is 47.7 Å². The van der Waals surface area contributed by atoms with E-state index < -0.39 is 0 Å². The van der Waals surface area contributed by atoms with Crippen molar-refractivity contribution in [3.05, 3.63) is 53.1 Å². The van der Waals surface area contributed by atoms with Crippen molar-refractivity contribution < 1.29 is 4.79 Å². The SMILES string of the molecule is CCN(CC)CCN(C(=O)CCSc1ccccc1)c1nc2c(C)cc(Cl)cc2s1.Cl. The Morgan fingerprint density at radius 1 is 1.13 bits per heavy atom. The lowest BCUT2D eigenvalue weighted by molar-refractivity contribution is -0.118. The number of amides is 1. The number of thioether (sulfide) groups is 1. The number of nitrogens with zero attached hydrogens (tertiary/aromatic N) is 3. The van der Waals surface area contributed by atoms with Gasteiger partial charge in [-0.2, -0.15) is 0 Å². The van der Waals surface area contributed by atoms with E-state index in [0.29, 0.717) is 18.0 Å². The number of rotatable bonds is 10. The Labute approximate surface area is 204 Å². The summed E-state index contributed by atoms with van der Waals surface area (Å²) in [5.41, 5.74) is 1.97. The molecule has 2 aromatic carbocycles. The van der Waals surface area contributed by atoms with Crippen LogP contribution in [0.1, 0.15) is 25.8 Å². The van der Waals surface area contributed by atoms with Crippen molar-refractivity contribution in [2.24, 2.45) is 0 Å². The second kappa shape index (κ2) is 12.7. The predicted molar refractivity (Wildman–Crippen MR) is 139 cm³/mol. The largest absolute Gasteiger partial charge is 0.302 e. The van der Waals surface area contributed by atoms with Crippen LogP contribution in [0, 0.1) is 6.92 Å². The number of benzene rings is 2. The fraction of sp³-hybridized carbons (Fsp3) is 0.391. The number of aryl methyl sites for hydroxylation is 1. The van der Waals surface area contributed by atoms with Gasteiger partial charge >= 0.3 is 0 Å². The van der Waals surface area contributed by atoms with Crippen LogP contribution in [0.4, 0.5) is 5.13 Å². The van der Waals surface area contributed by atoms with Gasteiger partial charge in [0.1, 0.15) is 0 Å². The Hall–Kier alpha value is -1.31. The predicted octanol–water partition coefficient (Wildman–Crippen LogP) is 6.54. The highest BCUT2D eigenvalue weighted by Crippen LogP contribution is 2.33. The number of aromatic nitrogens is 1. The summed E-state index contributed by atoms with van der Waals surface area (Å²) in [5, 5.41) is 1.47. The summed E-state index contributed by atoms with van der Waals surface area (Å²) in [6.45, 7) is 9.72. The summed E-state index contributed by atoms with van der Waals surface area (Å²) in [4.78, 5) is 23.4. The van der Waals surface area contributed by atoms with E-state index in [0.717, 1.165) is 46.3 Å². The van der Waals surface area contributed by atoms with Gasteiger partial charge in [0.25, 0.3) is 0 Å². The van der Waals surface area contributed by atoms with Crippen molar-refractivity contribution in [1.29, 1.82) is 0 Å². The zero-order chi connectivity index (χ0) is 21.5. The number of fused-ring (bicyclic) bond motifs is 1. The lowest BCUT2D eigenvalue weighted by atomic mass is 10.2. The highest BCUT2D eigenvalue weighted by atomic mass is 35.5. The van der Waals surface area contributed by atoms with Crippen LogP contribution >= 0.6 is 47.1 Å². The van der Waals surface area contributed by atoms with Crippen LogP contribution in [0.15, 0.2) is 47.4 Å². The first-order valence-electron chi connectivity index (χ1n) is 10.3. The van der Waals surface area contributed by atoms with Crippen molar-refractivity contribution in [2.75, 3.05) is 36.8 Å². The van der Waals surface area contributed by atoms with Gasteiger partial charge in [-0.25, -0.2) is 4.98 Å². The van der Waals surface area contributed by atoms with Gasteiger partial charge in [-0.1, -0.05) is 55.0 Å². The lowest BCUT2D eigenvalue weighted by Crippen LogP contribution is -2.39. The highest BCUT2D eigenvalue weighted by Gasteiger charge is 2.21. The maximum atomic E-state index is 13.2. The molecule has 0 atom stereocenters. The van der Waals surface area contributed by atoms with Crippen LogP contribution < -0.4 is 4.90 Å². The van der Waals surface area contributed by atoms with E-state index in [4.69, 9.17) is 16.6 Å². The summed E-state index contributed by atoms with van der Waals surface area (Å²) in [7, 11) is 0. The summed E-state index contributed by atoms with van der Waals surface area (Å²) < 4.78 is 1.02. The third-order valence-corrected chi connectivity index (χ3v) is 7.29. The molecule has 4 nitrogen and oxygen atoms in total. The summed E-state index contributed by atoms with van der Waals surface area (Å²) >= 11 is 9.49. The quantitative estimate of drug-likeness (QED) is 0.298. The van der Waals surface area contributed by atoms with Crippen molar-refractivity contribution >= 4 is 68.4 Å². The number of carbonyl (C=O) groups excluding carboxylic acids is 1. The van der Waals surface area contributed by atoms with E-state index in [1.807, 2.05) is 42.2 Å². The summed E-state index contributed by atoms with van der Waals surface area (Å²) in [6.07, 6.45) is 0.480. The first-order chi connectivity index (χ1) is 14.5. The van der Waals surface area contributed by atoms with Gasteiger partial charge in [-0.3, -0.25) is 9.69 Å². The standard InChI is InChI=1S/C23H28ClN3OS2.ClH/c1-4-26(5-2)12-13-27(21(28)11-14-29-19-9-7-6-8-10-19)23-25-22-17(3)15-18(24)16-20(22)30-23;/h6-10,15-16H,4-5,11-14H2,1-3H3;1H. The van der Waals surface area contributed by atoms with Gasteiger partial charge in [-0.05, 0) is 49.8 Å². The van der Waals surface area contributed by atoms with Crippen LogP contribution in [0.25, 0.3) is 10.2 Å². The molecule has 0 radical (unpaired) electrons. The van der Waals surface area contributed by atoms with Crippen LogP contribution in [0.3, 0.4) is 0 Å². The summed E-state index contributed by atoms with van der Waals surface area (Å²) in [6, 6.07) is 14.1. The maximum absolute atomic E-state index is 13.2. The van der Waals surface area contributed by atoms with Gasteiger partial charge in [0, 0.05) is 35.2 Å². The summed E-state index contributed by atoms with van der Waals surface area (Å²) in [5.74, 6) is 0.869. The minimum Gasteiger partial charge on any atom is -0.302 e. The lowest BCUT2D eigenvalue weighted by Gasteiger charge is -2.24. The number of hydrogen-bond donors (Lipinski definition) is 0. The molecule has 31 heavy (non-hydrogen) atoms. The molecular formula is C23H29Cl2N3OS2. The van der Waals surface area contributed by atoms with Gasteiger partial charge in [0.05, 0.1) is 10.2 Å². The number of likely N-dealkylation sites (N-methyl/N-ethyl adjacent to an activating group) is 1. The molecule has 0 aliphatic carbocycles. The molecule has 168 valence electrons. The fourth-order valence-electron chi connectivity index (χ4n) is 3.27. The van der Waals surface area contributed by atoms with Gasteiger partial charge < -0.3 is 4.90 Å². The zero-order valence-corrected chi connectivity index (χ0v) is 21.3. The van der Waals surface area contributed by atoms with Gasteiger partial charge in [-0.15, -0.1) is 24.2 Å². The van der Waals surface area contributed by atoms with E-state index in [1.165, 1.54) is 4.90 Å². The smallest absolute Gasteiger partial charge is 0.229 e. The molecule has 0 fully saturated rings. The van der Waals surface area contributed by atoms with Crippen molar-refractivity contribution in [1.82, 2.24) is 9.88 Å². The Bertz CT molecular complexity index is 978. The molecule has 8 heteroatoms. The third-order valence-electron chi connectivity index (χ3n) is 5.03. The molecule has 3 aromatic rings. The molecule has 3 rings (SSSR count). The monoisotopic (exact) mass is 497 g/mol. The first kappa shape index (κ1) is 25.9. The van der Waals surface area contributed by atoms with Crippen LogP contribution in [0.2, 0.25) is 5.02 Å². The molecular weight excluding hydrogens is 469 g/mol. The van der Waals surface area contributed by atoms with Crippen molar-refractivity contribution in [3.8, 4) is 0 Å². The average Bonchev–Trinajstić information content (AvgIpc) is 3.16. The van der Waals surface area contributed by atoms with E-state index in [-0.39, 0.29) is 18.3 Å². The first-order valence-corrected chi connectivity index (χ1v) is 12.5. The minimum atomic E-state index is 0. The molecule has 0 saturated heterocycles. The normalized spacial score (nSPS) is 11.0. The molecule has 1 amide bonds. The zero-order valence-electron chi connectivity index (χ0n) is 18.1. The molecule has 0 unspecified atom stereocenters. The highest BCUT2D eigenvalue weighted by molar-refractivity contribution is 7.99. The molecule has 0 N–H and O–H groups in total. The Morgan fingerprint density at radius 3 is 2.52 bits per heavy atom. The number of halogens is 2. The molecule has 0 aliphatic rings. The number of hydrogen-bond acceptors (Lipinski definition) is 5. The molecule has 1 heterocycles. The van der Waals surface area contributed by atoms with Crippen molar-refractivity contribution in [3.63, 3.8) is 0 Å². The van der Waals surface area contributed by atoms with Gasteiger partial charge in [0.15, 0.2) is 5.13 Å². The number of carbonyl (C=O) groups is 1. The van der Waals surface area contributed by atoms with Gasteiger partial charge in [0.2, 0.25) is 5.91 Å². The van der Waals surface area contributed by atoms with E-state index in [2.05, 4.69) is 30.9 Å². The molecule has 0 saturated carbocycles.